The fourth-order valence-corrected chi connectivity index (χ4v) is 3.51. The van der Waals surface area contributed by atoms with Crippen molar-refractivity contribution in [1.29, 1.82) is 5.26 Å². The van der Waals surface area contributed by atoms with Crippen LogP contribution in [0.2, 0.25) is 17.8 Å². The highest BCUT2D eigenvalue weighted by molar-refractivity contribution is 7.19. The van der Waals surface area contributed by atoms with Gasteiger partial charge in [0.05, 0.1) is 6.20 Å². The maximum atomic E-state index is 8.89. The first kappa shape index (κ1) is 12.6. The van der Waals surface area contributed by atoms with Crippen molar-refractivity contribution >= 4 is 46.1 Å². The van der Waals surface area contributed by atoms with E-state index >= 15 is 0 Å². The maximum absolute atomic E-state index is 8.89. The van der Waals surface area contributed by atoms with E-state index in [-0.39, 0.29) is 6.71 Å². The van der Waals surface area contributed by atoms with Crippen LogP contribution in [0.15, 0.2) is 17.8 Å². The van der Waals surface area contributed by atoms with Gasteiger partial charge in [0.2, 0.25) is 0 Å². The number of thiophene rings is 1. The minimum atomic E-state index is 0.238. The molecule has 0 radical (unpaired) electrons. The molecular weight excluding hydrogens is 276 g/mol. The second-order valence-electron chi connectivity index (χ2n) is 4.74. The molecule has 0 spiro atoms. The van der Waals surface area contributed by atoms with Crippen LogP contribution < -0.4 is 0 Å². The Kier molecular flexibility index (Phi) is 3.54. The van der Waals surface area contributed by atoms with Crippen molar-refractivity contribution in [3.05, 3.63) is 27.9 Å². The Balaban J connectivity index is 1.83. The molecule has 1 aliphatic heterocycles. The summed E-state index contributed by atoms with van der Waals surface area (Å²) >= 11 is 7.45. The summed E-state index contributed by atoms with van der Waals surface area (Å²) in [4.78, 5) is 10.6. The molecule has 6 heteroatoms. The predicted molar refractivity (Wildman–Crippen MR) is 80.6 cm³/mol. The van der Waals surface area contributed by atoms with Gasteiger partial charge < -0.3 is 0 Å². The molecule has 3 nitrogen and oxygen atoms in total. The molecule has 0 aliphatic carbocycles. The number of hydrogen-bond donors (Lipinski definition) is 0. The molecule has 0 saturated carbocycles. The number of fused-ring (bicyclic) bond motifs is 1. The molecule has 0 N–H and O–H groups in total. The molecule has 1 fully saturated rings. The summed E-state index contributed by atoms with van der Waals surface area (Å²) < 4.78 is 0. The average molecular weight is 288 g/mol. The summed E-state index contributed by atoms with van der Waals surface area (Å²) in [7, 11) is 0. The van der Waals surface area contributed by atoms with Crippen LogP contribution in [-0.2, 0) is 0 Å². The van der Waals surface area contributed by atoms with E-state index in [2.05, 4.69) is 22.0 Å². The van der Waals surface area contributed by atoms with Gasteiger partial charge in [-0.3, -0.25) is 4.98 Å². The summed E-state index contributed by atoms with van der Waals surface area (Å²) in [6.07, 6.45) is 7.80. The smallest absolute Gasteiger partial charge is 0.250 e. The van der Waals surface area contributed by atoms with E-state index in [1.807, 2.05) is 6.07 Å². The van der Waals surface area contributed by atoms with E-state index in [4.69, 9.17) is 16.9 Å². The van der Waals surface area contributed by atoms with Crippen molar-refractivity contribution in [2.45, 2.75) is 25.5 Å². The molecule has 0 unspecified atom stereocenters. The minimum Gasteiger partial charge on any atom is -0.250 e. The van der Waals surface area contributed by atoms with Crippen LogP contribution >= 0.6 is 22.9 Å². The number of nitrogens with zero attached hydrogens (tertiary/aromatic N) is 3. The summed E-state index contributed by atoms with van der Waals surface area (Å²) in [6.45, 7) is 0.238. The third-order valence-corrected chi connectivity index (χ3v) is 4.54. The fraction of sp³-hybridized carbons (Fsp3) is 0.308. The lowest BCUT2D eigenvalue weighted by molar-refractivity contribution is 0.922. The number of halogens is 1. The molecule has 1 aliphatic rings. The third-order valence-electron chi connectivity index (χ3n) is 3.39. The molecule has 0 amide bonds. The summed E-state index contributed by atoms with van der Waals surface area (Å²) in [5.74, 6) is 2.36. The summed E-state index contributed by atoms with van der Waals surface area (Å²) in [5, 5.41) is 9.33. The van der Waals surface area contributed by atoms with E-state index in [1.54, 1.807) is 17.5 Å². The Morgan fingerprint density at radius 1 is 1.42 bits per heavy atom. The van der Waals surface area contributed by atoms with Crippen LogP contribution in [0.4, 0.5) is 0 Å². The van der Waals surface area contributed by atoms with Crippen LogP contribution in [0.5, 0.6) is 0 Å². The molecule has 0 aromatic carbocycles. The highest BCUT2D eigenvalue weighted by Gasteiger charge is 2.20. The normalized spacial score (nSPS) is 15.6. The van der Waals surface area contributed by atoms with Gasteiger partial charge in [0.25, 0.3) is 6.71 Å². The van der Waals surface area contributed by atoms with E-state index in [0.717, 1.165) is 35.8 Å². The van der Waals surface area contributed by atoms with Gasteiger partial charge in [0, 0.05) is 10.8 Å². The number of rotatable bonds is 1. The molecule has 0 atom stereocenters. The minimum absolute atomic E-state index is 0.238. The zero-order valence-electron chi connectivity index (χ0n) is 10.3. The average Bonchev–Trinajstić information content (AvgIpc) is 2.81. The second-order valence-corrected chi connectivity index (χ2v) is 6.19. The first-order chi connectivity index (χ1) is 9.24. The molecule has 1 saturated heterocycles. The number of allylic oxidation sites excluding steroid dienone is 1. The molecule has 94 valence electrons. The number of nitriles is 1. The fourth-order valence-electron chi connectivity index (χ4n) is 2.35. The van der Waals surface area contributed by atoms with Crippen molar-refractivity contribution in [2.75, 3.05) is 0 Å². The first-order valence-electron chi connectivity index (χ1n) is 6.26. The summed E-state index contributed by atoms with van der Waals surface area (Å²) in [6, 6.07) is 2.05. The molecule has 3 rings (SSSR count). The van der Waals surface area contributed by atoms with E-state index < -0.39 is 0 Å². The first-order valence-corrected chi connectivity index (χ1v) is 7.45. The van der Waals surface area contributed by atoms with Gasteiger partial charge in [-0.15, -0.1) is 11.3 Å². The SMILES string of the molecule is N#CB1CCC(=Cc2cc3ncc(Cl)nc3s2)CC1. The third kappa shape index (κ3) is 2.80. The van der Waals surface area contributed by atoms with Crippen molar-refractivity contribution in [2.24, 2.45) is 0 Å². The molecular formula is C13H11BClN3S. The van der Waals surface area contributed by atoms with E-state index in [0.29, 0.717) is 5.15 Å². The standard InChI is InChI=1S/C13H11BClN3S/c15-12-7-17-11-6-10(19-13(11)18-12)5-9-1-3-14(8-16)4-2-9/h5-7H,1-4H2. The van der Waals surface area contributed by atoms with Gasteiger partial charge in [0.15, 0.2) is 0 Å². The molecule has 3 heterocycles. The topological polar surface area (TPSA) is 49.6 Å². The highest BCUT2D eigenvalue weighted by Crippen LogP contribution is 2.30. The van der Waals surface area contributed by atoms with Crippen LogP contribution in [0.25, 0.3) is 16.4 Å². The van der Waals surface area contributed by atoms with Crippen molar-refractivity contribution in [3.63, 3.8) is 0 Å². The summed E-state index contributed by atoms with van der Waals surface area (Å²) in [5.41, 5.74) is 2.32. The highest BCUT2D eigenvalue weighted by atomic mass is 35.5. The van der Waals surface area contributed by atoms with Crippen LogP contribution in [-0.4, -0.2) is 16.7 Å². The van der Waals surface area contributed by atoms with E-state index in [9.17, 15) is 0 Å². The van der Waals surface area contributed by atoms with Crippen molar-refractivity contribution in [1.82, 2.24) is 9.97 Å². The van der Waals surface area contributed by atoms with Gasteiger partial charge in [-0.05, 0) is 25.0 Å². The predicted octanol–water partition coefficient (Wildman–Crippen LogP) is 4.08. The van der Waals surface area contributed by atoms with Gasteiger partial charge in [-0.25, -0.2) is 10.2 Å². The Hall–Kier alpha value is -1.38. The Morgan fingerprint density at radius 3 is 2.95 bits per heavy atom. The molecule has 19 heavy (non-hydrogen) atoms. The number of hydrogen-bond acceptors (Lipinski definition) is 4. The lowest BCUT2D eigenvalue weighted by atomic mass is 9.42. The quantitative estimate of drug-likeness (QED) is 0.743. The maximum Gasteiger partial charge on any atom is 0.268 e. The second kappa shape index (κ2) is 5.32. The van der Waals surface area contributed by atoms with Crippen LogP contribution in [0.3, 0.4) is 0 Å². The van der Waals surface area contributed by atoms with Gasteiger partial charge in [-0.2, -0.15) is 0 Å². The lowest BCUT2D eigenvalue weighted by Gasteiger charge is -2.15. The Labute approximate surface area is 121 Å². The zero-order valence-corrected chi connectivity index (χ0v) is 11.8. The van der Waals surface area contributed by atoms with Crippen LogP contribution in [0.1, 0.15) is 17.7 Å². The Morgan fingerprint density at radius 2 is 2.21 bits per heavy atom. The molecule has 2 aromatic rings. The van der Waals surface area contributed by atoms with Crippen molar-refractivity contribution in [3.8, 4) is 5.97 Å². The largest absolute Gasteiger partial charge is 0.268 e. The monoisotopic (exact) mass is 287 g/mol. The molecule has 2 aromatic heterocycles. The lowest BCUT2D eigenvalue weighted by Crippen LogP contribution is -2.14. The molecule has 0 bridgehead atoms. The Bertz CT molecular complexity index is 679. The van der Waals surface area contributed by atoms with Gasteiger partial charge in [-0.1, -0.05) is 29.8 Å². The van der Waals surface area contributed by atoms with Gasteiger partial charge >= 0.3 is 0 Å². The van der Waals surface area contributed by atoms with Crippen LogP contribution in [0, 0.1) is 11.2 Å². The zero-order chi connectivity index (χ0) is 13.2. The van der Waals surface area contributed by atoms with Crippen molar-refractivity contribution < 1.29 is 0 Å². The van der Waals surface area contributed by atoms with E-state index in [1.165, 1.54) is 10.5 Å². The number of aromatic nitrogens is 2. The van der Waals surface area contributed by atoms with Gasteiger partial charge in [0.1, 0.15) is 15.5 Å².